The lowest BCUT2D eigenvalue weighted by Gasteiger charge is -2.40. The Morgan fingerprint density at radius 3 is 2.33 bits per heavy atom. The molecule has 3 heteroatoms. The summed E-state index contributed by atoms with van der Waals surface area (Å²) in [6.07, 6.45) is 6.35. The fourth-order valence-corrected chi connectivity index (χ4v) is 2.35. The van der Waals surface area contributed by atoms with Gasteiger partial charge in [-0.25, -0.2) is 0 Å². The van der Waals surface area contributed by atoms with Crippen molar-refractivity contribution in [2.24, 2.45) is 5.41 Å². The molecule has 0 aromatic heterocycles. The minimum atomic E-state index is -0.711. The molecule has 0 bridgehead atoms. The van der Waals surface area contributed by atoms with Gasteiger partial charge in [0.1, 0.15) is 0 Å². The molecule has 1 aliphatic rings. The van der Waals surface area contributed by atoms with E-state index in [0.29, 0.717) is 12.0 Å². The predicted octanol–water partition coefficient (Wildman–Crippen LogP) is 2.79. The van der Waals surface area contributed by atoms with Gasteiger partial charge in [-0.3, -0.25) is 4.79 Å². The van der Waals surface area contributed by atoms with E-state index in [2.05, 4.69) is 19.2 Å². The van der Waals surface area contributed by atoms with Crippen LogP contribution in [0.2, 0.25) is 0 Å². The van der Waals surface area contributed by atoms with Crippen LogP contribution < -0.4 is 5.32 Å². The molecule has 3 nitrogen and oxygen atoms in total. The summed E-state index contributed by atoms with van der Waals surface area (Å²) in [7, 11) is 0. The molecule has 0 heterocycles. The molecule has 0 aromatic rings. The summed E-state index contributed by atoms with van der Waals surface area (Å²) in [5.74, 6) is -0.0601. The van der Waals surface area contributed by atoms with Crippen molar-refractivity contribution in [1.29, 1.82) is 0 Å². The lowest BCUT2D eigenvalue weighted by molar-refractivity contribution is -0.119. The van der Waals surface area contributed by atoms with E-state index in [1.165, 1.54) is 0 Å². The molecule has 0 saturated heterocycles. The van der Waals surface area contributed by atoms with E-state index < -0.39 is 5.60 Å². The first kappa shape index (κ1) is 15.2. The maximum absolute atomic E-state index is 11.8. The molecule has 1 rings (SSSR count). The third-order valence-electron chi connectivity index (χ3n) is 3.98. The molecule has 0 atom stereocenters. The van der Waals surface area contributed by atoms with Crippen LogP contribution in [-0.4, -0.2) is 23.2 Å². The lowest BCUT2D eigenvalue weighted by Crippen LogP contribution is -2.46. The van der Waals surface area contributed by atoms with Gasteiger partial charge in [0, 0.05) is 12.1 Å². The summed E-state index contributed by atoms with van der Waals surface area (Å²) in [5.41, 5.74) is 0.351. The highest BCUT2D eigenvalue weighted by Crippen LogP contribution is 2.39. The van der Waals surface area contributed by atoms with Gasteiger partial charge < -0.3 is 10.4 Å². The minimum absolute atomic E-state index is 0.0601. The van der Waals surface area contributed by atoms with E-state index >= 15 is 0 Å². The van der Waals surface area contributed by atoms with Crippen molar-refractivity contribution in [1.82, 2.24) is 5.32 Å². The predicted molar refractivity (Wildman–Crippen MR) is 74.3 cm³/mol. The van der Waals surface area contributed by atoms with Crippen molar-refractivity contribution in [3.8, 4) is 0 Å². The molecular weight excluding hydrogens is 226 g/mol. The van der Waals surface area contributed by atoms with Crippen molar-refractivity contribution in [3.05, 3.63) is 11.6 Å². The number of carbonyl (C=O) groups excluding carboxylic acids is 1. The van der Waals surface area contributed by atoms with Crippen LogP contribution in [0.25, 0.3) is 0 Å². The molecule has 0 spiro atoms. The number of hydrogen-bond acceptors (Lipinski definition) is 2. The van der Waals surface area contributed by atoms with Gasteiger partial charge in [-0.2, -0.15) is 0 Å². The summed E-state index contributed by atoms with van der Waals surface area (Å²) in [4.78, 5) is 11.8. The van der Waals surface area contributed by atoms with Gasteiger partial charge in [0.25, 0.3) is 0 Å². The number of nitrogens with one attached hydrogen (secondary N) is 1. The Bertz CT molecular complexity index is 321. The number of aliphatic hydroxyl groups is 1. The Hall–Kier alpha value is -0.830. The van der Waals surface area contributed by atoms with Crippen LogP contribution in [0.3, 0.4) is 0 Å². The molecule has 0 unspecified atom stereocenters. The van der Waals surface area contributed by atoms with E-state index in [0.717, 1.165) is 37.7 Å². The van der Waals surface area contributed by atoms with Gasteiger partial charge >= 0.3 is 0 Å². The normalized spacial score (nSPS) is 22.6. The summed E-state index contributed by atoms with van der Waals surface area (Å²) >= 11 is 0. The largest absolute Gasteiger partial charge is 0.388 e. The highest BCUT2D eigenvalue weighted by molar-refractivity contribution is 5.92. The third kappa shape index (κ3) is 4.45. The zero-order valence-electron chi connectivity index (χ0n) is 12.2. The van der Waals surface area contributed by atoms with Crippen LogP contribution >= 0.6 is 0 Å². The molecule has 1 saturated carbocycles. The van der Waals surface area contributed by atoms with Crippen LogP contribution in [0.1, 0.15) is 59.8 Å². The van der Waals surface area contributed by atoms with Crippen molar-refractivity contribution in [2.75, 3.05) is 6.54 Å². The number of carbonyl (C=O) groups is 1. The van der Waals surface area contributed by atoms with Crippen LogP contribution in [0.15, 0.2) is 11.6 Å². The van der Waals surface area contributed by atoms with Crippen LogP contribution in [0, 0.1) is 5.41 Å². The number of amides is 1. The molecule has 2 N–H and O–H groups in total. The summed E-state index contributed by atoms with van der Waals surface area (Å²) in [6, 6.07) is 0. The van der Waals surface area contributed by atoms with E-state index in [-0.39, 0.29) is 5.91 Å². The topological polar surface area (TPSA) is 49.3 Å². The fourth-order valence-electron chi connectivity index (χ4n) is 2.35. The average molecular weight is 253 g/mol. The Morgan fingerprint density at radius 1 is 1.28 bits per heavy atom. The molecule has 18 heavy (non-hydrogen) atoms. The standard InChI is InChI=1S/C15H27NO2/c1-5-6-12(2)13(17)16-11-15(18)9-7-14(3,4)8-10-15/h6,18H,5,7-11H2,1-4H3,(H,16,17). The highest BCUT2D eigenvalue weighted by Gasteiger charge is 2.36. The SMILES string of the molecule is CCC=C(C)C(=O)NCC1(O)CCC(C)(C)CC1. The number of hydrogen-bond donors (Lipinski definition) is 2. The van der Waals surface area contributed by atoms with Gasteiger partial charge in [0.15, 0.2) is 0 Å². The quantitative estimate of drug-likeness (QED) is 0.757. The molecule has 1 amide bonds. The monoisotopic (exact) mass is 253 g/mol. The molecular formula is C15H27NO2. The summed E-state index contributed by atoms with van der Waals surface area (Å²) in [5, 5.41) is 13.3. The summed E-state index contributed by atoms with van der Waals surface area (Å²) < 4.78 is 0. The van der Waals surface area contributed by atoms with Crippen molar-refractivity contribution >= 4 is 5.91 Å². The van der Waals surface area contributed by atoms with Crippen LogP contribution in [0.5, 0.6) is 0 Å². The first-order valence-corrected chi connectivity index (χ1v) is 6.95. The van der Waals surface area contributed by atoms with E-state index in [1.807, 2.05) is 19.9 Å². The molecule has 104 valence electrons. The highest BCUT2D eigenvalue weighted by atomic mass is 16.3. The second-order valence-electron chi connectivity index (χ2n) is 6.37. The Kier molecular flexibility index (Phi) is 4.97. The summed E-state index contributed by atoms with van der Waals surface area (Å²) in [6.45, 7) is 8.66. The van der Waals surface area contributed by atoms with Gasteiger partial charge in [-0.05, 0) is 44.4 Å². The van der Waals surface area contributed by atoms with E-state index in [4.69, 9.17) is 0 Å². The van der Waals surface area contributed by atoms with Gasteiger partial charge in [0.2, 0.25) is 5.91 Å². The average Bonchev–Trinajstić information content (AvgIpc) is 2.31. The molecule has 1 aliphatic carbocycles. The van der Waals surface area contributed by atoms with E-state index in [1.54, 1.807) is 0 Å². The van der Waals surface area contributed by atoms with Crippen molar-refractivity contribution < 1.29 is 9.90 Å². The number of rotatable bonds is 4. The minimum Gasteiger partial charge on any atom is -0.388 e. The molecule has 0 aliphatic heterocycles. The van der Waals surface area contributed by atoms with Gasteiger partial charge in [-0.1, -0.05) is 26.8 Å². The smallest absolute Gasteiger partial charge is 0.246 e. The Labute approximate surface area is 111 Å². The zero-order valence-corrected chi connectivity index (χ0v) is 12.2. The lowest BCUT2D eigenvalue weighted by atomic mass is 9.71. The van der Waals surface area contributed by atoms with Gasteiger partial charge in [0.05, 0.1) is 5.60 Å². The van der Waals surface area contributed by atoms with Crippen LogP contribution in [0.4, 0.5) is 0 Å². The maximum atomic E-state index is 11.8. The zero-order chi connectivity index (χ0) is 13.8. The second-order valence-corrected chi connectivity index (χ2v) is 6.37. The maximum Gasteiger partial charge on any atom is 0.246 e. The van der Waals surface area contributed by atoms with Crippen molar-refractivity contribution in [2.45, 2.75) is 65.4 Å². The van der Waals surface area contributed by atoms with E-state index in [9.17, 15) is 9.90 Å². The first-order valence-electron chi connectivity index (χ1n) is 6.95. The number of allylic oxidation sites excluding steroid dienone is 1. The van der Waals surface area contributed by atoms with Crippen molar-refractivity contribution in [3.63, 3.8) is 0 Å². The molecule has 1 fully saturated rings. The fraction of sp³-hybridized carbons (Fsp3) is 0.800. The second kappa shape index (κ2) is 5.87. The Morgan fingerprint density at radius 2 is 1.83 bits per heavy atom. The van der Waals surface area contributed by atoms with Crippen LogP contribution in [-0.2, 0) is 4.79 Å². The Balaban J connectivity index is 2.44. The molecule has 0 aromatic carbocycles. The first-order chi connectivity index (χ1) is 8.28. The molecule has 0 radical (unpaired) electrons. The third-order valence-corrected chi connectivity index (χ3v) is 3.98. The van der Waals surface area contributed by atoms with Gasteiger partial charge in [-0.15, -0.1) is 0 Å².